The summed E-state index contributed by atoms with van der Waals surface area (Å²) in [5.74, 6) is 0.714. The van der Waals surface area contributed by atoms with Crippen molar-refractivity contribution in [2.24, 2.45) is 28.6 Å². The molecule has 0 amide bonds. The zero-order valence-electron chi connectivity index (χ0n) is 17.0. The van der Waals surface area contributed by atoms with Crippen LogP contribution in [0.2, 0.25) is 0 Å². The minimum atomic E-state index is -4.73. The van der Waals surface area contributed by atoms with Gasteiger partial charge in [-0.05, 0) is 81.5 Å². The maximum Gasteiger partial charge on any atom is 0.398 e. The Balaban J connectivity index is 1.71. The highest BCUT2D eigenvalue weighted by molar-refractivity contribution is 7.81. The van der Waals surface area contributed by atoms with Gasteiger partial charge in [0.1, 0.15) is 0 Å². The van der Waals surface area contributed by atoms with Gasteiger partial charge >= 0.3 is 10.4 Å². The lowest BCUT2D eigenvalue weighted by Crippen LogP contribution is -2.58. The van der Waals surface area contributed by atoms with Crippen LogP contribution in [0.5, 0.6) is 0 Å². The van der Waals surface area contributed by atoms with E-state index in [1.165, 1.54) is 12.5 Å². The summed E-state index contributed by atoms with van der Waals surface area (Å²) in [6, 6.07) is 0. The molecule has 0 saturated heterocycles. The van der Waals surface area contributed by atoms with E-state index in [0.717, 1.165) is 38.5 Å². The summed E-state index contributed by atoms with van der Waals surface area (Å²) in [4.78, 5) is 12.7. The first kappa shape index (κ1) is 20.5. The molecule has 3 fully saturated rings. The Bertz CT molecular complexity index is 819. The third-order valence-corrected chi connectivity index (χ3v) is 9.51. The highest BCUT2D eigenvalue weighted by Gasteiger charge is 2.67. The molecule has 0 aromatic rings. The van der Waals surface area contributed by atoms with E-state index in [1.807, 2.05) is 6.92 Å². The molecule has 0 aromatic heterocycles. The van der Waals surface area contributed by atoms with Crippen LogP contribution in [0.3, 0.4) is 0 Å². The topological polar surface area (TPSA) is 101 Å². The Morgan fingerprint density at radius 1 is 1.14 bits per heavy atom. The number of carbonyl (C=O) groups is 1. The molecule has 6 nitrogen and oxygen atoms in total. The molecule has 4 aliphatic rings. The molecular formula is C21H32O6S. The van der Waals surface area contributed by atoms with Crippen molar-refractivity contribution in [1.29, 1.82) is 0 Å². The van der Waals surface area contributed by atoms with Crippen LogP contribution in [0.4, 0.5) is 0 Å². The normalized spacial score (nSPS) is 48.2. The lowest BCUT2D eigenvalue weighted by molar-refractivity contribution is -0.153. The van der Waals surface area contributed by atoms with Gasteiger partial charge in [-0.3, -0.25) is 9.35 Å². The van der Waals surface area contributed by atoms with Gasteiger partial charge in [0, 0.05) is 5.41 Å². The second-order valence-electron chi connectivity index (χ2n) is 10.0. The van der Waals surface area contributed by atoms with Crippen molar-refractivity contribution < 1.29 is 27.1 Å². The van der Waals surface area contributed by atoms with Crippen molar-refractivity contribution >= 4 is 16.2 Å². The monoisotopic (exact) mass is 412 g/mol. The number of Topliss-reactive ketones (excluding diaryl/α,β-unsaturated/α-hetero) is 1. The fourth-order valence-corrected chi connectivity index (χ4v) is 8.34. The van der Waals surface area contributed by atoms with Gasteiger partial charge in [0.25, 0.3) is 0 Å². The Kier molecular flexibility index (Phi) is 4.66. The minimum Gasteiger partial charge on any atom is -0.393 e. The number of fused-ring (bicyclic) bond motifs is 5. The van der Waals surface area contributed by atoms with Gasteiger partial charge in [-0.1, -0.05) is 25.5 Å². The Morgan fingerprint density at radius 3 is 2.46 bits per heavy atom. The highest BCUT2D eigenvalue weighted by atomic mass is 32.3. The first-order valence-electron chi connectivity index (χ1n) is 10.5. The van der Waals surface area contributed by atoms with Crippen molar-refractivity contribution in [2.45, 2.75) is 83.8 Å². The van der Waals surface area contributed by atoms with Crippen LogP contribution in [0.15, 0.2) is 11.6 Å². The van der Waals surface area contributed by atoms with Gasteiger partial charge < -0.3 is 5.11 Å². The summed E-state index contributed by atoms with van der Waals surface area (Å²) in [7, 11) is -4.73. The molecule has 0 unspecified atom stereocenters. The van der Waals surface area contributed by atoms with E-state index in [-0.39, 0.29) is 23.2 Å². The van der Waals surface area contributed by atoms with Gasteiger partial charge in [-0.2, -0.15) is 8.42 Å². The molecule has 0 spiro atoms. The molecule has 4 aliphatic carbocycles. The van der Waals surface area contributed by atoms with Crippen molar-refractivity contribution in [3.05, 3.63) is 11.6 Å². The smallest absolute Gasteiger partial charge is 0.393 e. The third kappa shape index (κ3) is 2.76. The molecule has 7 heteroatoms. The van der Waals surface area contributed by atoms with E-state index in [2.05, 4.69) is 13.0 Å². The number of ketones is 1. The Labute approximate surface area is 167 Å². The summed E-state index contributed by atoms with van der Waals surface area (Å²) in [5.41, 5.74) is -0.620. The van der Waals surface area contributed by atoms with E-state index in [4.69, 9.17) is 4.18 Å². The lowest BCUT2D eigenvalue weighted by Gasteiger charge is -2.58. The summed E-state index contributed by atoms with van der Waals surface area (Å²) in [5, 5.41) is 10.1. The van der Waals surface area contributed by atoms with Crippen LogP contribution < -0.4 is 0 Å². The molecule has 0 aromatic carbocycles. The van der Waals surface area contributed by atoms with Crippen molar-refractivity contribution in [1.82, 2.24) is 0 Å². The molecule has 158 valence electrons. The second-order valence-corrected chi connectivity index (χ2v) is 11.1. The summed E-state index contributed by atoms with van der Waals surface area (Å²) >= 11 is 0. The van der Waals surface area contributed by atoms with Gasteiger partial charge in [0.15, 0.2) is 11.4 Å². The van der Waals surface area contributed by atoms with E-state index in [0.29, 0.717) is 24.7 Å². The largest absolute Gasteiger partial charge is 0.398 e. The van der Waals surface area contributed by atoms with Crippen LogP contribution in [-0.4, -0.2) is 35.6 Å². The number of aliphatic hydroxyl groups excluding tert-OH is 1. The molecule has 2 N–H and O–H groups in total. The average molecular weight is 413 g/mol. The standard InChI is InChI=1S/C21H32O6S/c1-13(22)21(27-28(24,25)26)11-8-18-16-5-4-14-12-15(23)6-9-19(14,2)17(16)7-10-20(18,21)3/h4,15-18,23H,5-12H2,1-3H3,(H,24,25,26)/t15-,16-,17+,18+,19+,20+,21+/m1/s1. The first-order valence-corrected chi connectivity index (χ1v) is 11.9. The van der Waals surface area contributed by atoms with Crippen molar-refractivity contribution in [2.75, 3.05) is 0 Å². The number of hydrogen-bond acceptors (Lipinski definition) is 5. The zero-order chi connectivity index (χ0) is 20.5. The molecule has 4 rings (SSSR count). The first-order chi connectivity index (χ1) is 12.9. The van der Waals surface area contributed by atoms with Crippen LogP contribution in [0.25, 0.3) is 0 Å². The number of allylic oxidation sites excluding steroid dienone is 1. The molecule has 7 atom stereocenters. The van der Waals surface area contributed by atoms with E-state index >= 15 is 0 Å². The van der Waals surface area contributed by atoms with E-state index in [1.54, 1.807) is 0 Å². The molecular weight excluding hydrogens is 380 g/mol. The molecule has 0 radical (unpaired) electrons. The number of hydrogen-bond donors (Lipinski definition) is 2. The minimum absolute atomic E-state index is 0.0782. The maximum absolute atomic E-state index is 12.7. The maximum atomic E-state index is 12.7. The number of aliphatic hydroxyl groups is 1. The third-order valence-electron chi connectivity index (χ3n) is 9.01. The Morgan fingerprint density at radius 2 is 1.82 bits per heavy atom. The van der Waals surface area contributed by atoms with E-state index in [9.17, 15) is 22.9 Å². The lowest BCUT2D eigenvalue weighted by atomic mass is 9.47. The van der Waals surface area contributed by atoms with Gasteiger partial charge in [-0.25, -0.2) is 4.18 Å². The quantitative estimate of drug-likeness (QED) is 0.544. The number of rotatable bonds is 3. The van der Waals surface area contributed by atoms with Crippen LogP contribution in [0.1, 0.15) is 72.1 Å². The van der Waals surface area contributed by atoms with E-state index < -0.39 is 21.4 Å². The van der Waals surface area contributed by atoms with Crippen molar-refractivity contribution in [3.8, 4) is 0 Å². The fourth-order valence-electron chi connectivity index (χ4n) is 7.59. The molecule has 0 aliphatic heterocycles. The molecule has 3 saturated carbocycles. The van der Waals surface area contributed by atoms with Gasteiger partial charge in [-0.15, -0.1) is 0 Å². The summed E-state index contributed by atoms with van der Waals surface area (Å²) < 4.78 is 37.8. The fraction of sp³-hybridized carbons (Fsp3) is 0.857. The summed E-state index contributed by atoms with van der Waals surface area (Å²) in [6.45, 7) is 5.69. The number of carbonyl (C=O) groups excluding carboxylic acids is 1. The predicted octanol–water partition coefficient (Wildman–Crippen LogP) is 3.46. The van der Waals surface area contributed by atoms with Crippen LogP contribution >= 0.6 is 0 Å². The molecule has 28 heavy (non-hydrogen) atoms. The zero-order valence-corrected chi connectivity index (χ0v) is 17.8. The van der Waals surface area contributed by atoms with Gasteiger partial charge in [0.05, 0.1) is 6.10 Å². The van der Waals surface area contributed by atoms with Crippen molar-refractivity contribution in [3.63, 3.8) is 0 Å². The molecule has 0 heterocycles. The van der Waals surface area contributed by atoms with Crippen LogP contribution in [0, 0.1) is 28.6 Å². The van der Waals surface area contributed by atoms with Gasteiger partial charge in [0.2, 0.25) is 0 Å². The SMILES string of the molecule is CC(=O)[C@@]1(OS(=O)(=O)O)CC[C@H]2[C@@H]3CC=C4C[C@H](O)CC[C@]4(C)[C@H]3CC[C@@]21C. The van der Waals surface area contributed by atoms with Crippen LogP contribution in [-0.2, 0) is 19.4 Å². The average Bonchev–Trinajstić information content (AvgIpc) is 2.88. The predicted molar refractivity (Wildman–Crippen MR) is 104 cm³/mol. The Hall–Kier alpha value is -0.760. The molecule has 0 bridgehead atoms. The highest BCUT2D eigenvalue weighted by Crippen LogP contribution is 2.68. The summed E-state index contributed by atoms with van der Waals surface area (Å²) in [6.07, 6.45) is 8.19. The second kappa shape index (κ2) is 6.37.